The number of nitriles is 1. The molecule has 0 aliphatic carbocycles. The molecule has 0 saturated heterocycles. The van der Waals surface area contributed by atoms with Crippen molar-refractivity contribution >= 4 is 5.91 Å². The lowest BCUT2D eigenvalue weighted by Gasteiger charge is -2.09. The Morgan fingerprint density at radius 3 is 2.81 bits per heavy atom. The molecule has 0 aliphatic rings. The standard InChI is InChI=1S/C16H14N2O3/c1-20-18-16(19)12-7-4-8-15(9-12)21-11-14-6-3-2-5-13(14)10-17/h2-9H,11H2,1H3,(H,18,19). The average molecular weight is 282 g/mol. The topological polar surface area (TPSA) is 71.3 Å². The van der Waals surface area contributed by atoms with Gasteiger partial charge in [0.05, 0.1) is 18.7 Å². The Kier molecular flexibility index (Phi) is 4.91. The van der Waals surface area contributed by atoms with E-state index in [0.29, 0.717) is 16.9 Å². The van der Waals surface area contributed by atoms with Crippen molar-refractivity contribution in [2.24, 2.45) is 0 Å². The Morgan fingerprint density at radius 2 is 2.05 bits per heavy atom. The number of rotatable bonds is 5. The molecule has 0 fully saturated rings. The first-order valence-electron chi connectivity index (χ1n) is 6.29. The molecule has 2 aromatic carbocycles. The molecule has 5 nitrogen and oxygen atoms in total. The van der Waals surface area contributed by atoms with Crippen molar-refractivity contribution in [3.05, 3.63) is 65.2 Å². The van der Waals surface area contributed by atoms with Crippen molar-refractivity contribution in [2.45, 2.75) is 6.61 Å². The molecular weight excluding hydrogens is 268 g/mol. The quantitative estimate of drug-likeness (QED) is 0.855. The summed E-state index contributed by atoms with van der Waals surface area (Å²) in [6.07, 6.45) is 0. The van der Waals surface area contributed by atoms with Gasteiger partial charge in [0.25, 0.3) is 5.91 Å². The Labute approximate surface area is 122 Å². The molecule has 0 aliphatic heterocycles. The second-order valence-corrected chi connectivity index (χ2v) is 4.22. The number of carbonyl (C=O) groups is 1. The number of hydrogen-bond acceptors (Lipinski definition) is 4. The average Bonchev–Trinajstić information content (AvgIpc) is 2.53. The summed E-state index contributed by atoms with van der Waals surface area (Å²) in [6, 6.07) is 16.1. The molecule has 106 valence electrons. The second-order valence-electron chi connectivity index (χ2n) is 4.22. The number of nitrogens with one attached hydrogen (secondary N) is 1. The summed E-state index contributed by atoms with van der Waals surface area (Å²) in [5.74, 6) is 0.201. The number of carbonyl (C=O) groups excluding carboxylic acids is 1. The van der Waals surface area contributed by atoms with Crippen molar-refractivity contribution < 1.29 is 14.4 Å². The molecule has 0 unspecified atom stereocenters. The monoisotopic (exact) mass is 282 g/mol. The third-order valence-corrected chi connectivity index (χ3v) is 2.82. The van der Waals surface area contributed by atoms with Crippen LogP contribution in [0.4, 0.5) is 0 Å². The number of benzene rings is 2. The number of hydrogen-bond donors (Lipinski definition) is 1. The largest absolute Gasteiger partial charge is 0.489 e. The minimum atomic E-state index is -0.347. The zero-order valence-corrected chi connectivity index (χ0v) is 11.5. The van der Waals surface area contributed by atoms with Crippen molar-refractivity contribution in [1.82, 2.24) is 5.48 Å². The lowest BCUT2D eigenvalue weighted by Crippen LogP contribution is -2.21. The summed E-state index contributed by atoms with van der Waals surface area (Å²) < 4.78 is 5.63. The van der Waals surface area contributed by atoms with Gasteiger partial charge in [0.15, 0.2) is 0 Å². The van der Waals surface area contributed by atoms with E-state index in [1.165, 1.54) is 7.11 Å². The molecule has 21 heavy (non-hydrogen) atoms. The van der Waals surface area contributed by atoms with Crippen molar-refractivity contribution in [2.75, 3.05) is 7.11 Å². The number of ether oxygens (including phenoxy) is 1. The molecular formula is C16H14N2O3. The highest BCUT2D eigenvalue weighted by molar-refractivity contribution is 5.93. The Balaban J connectivity index is 2.09. The highest BCUT2D eigenvalue weighted by atomic mass is 16.6. The van der Waals surface area contributed by atoms with Crippen molar-refractivity contribution in [3.8, 4) is 11.8 Å². The smallest absolute Gasteiger partial charge is 0.274 e. The third kappa shape index (κ3) is 3.81. The summed E-state index contributed by atoms with van der Waals surface area (Å²) in [5.41, 5.74) is 4.05. The molecule has 0 heterocycles. The fourth-order valence-corrected chi connectivity index (χ4v) is 1.80. The molecule has 0 spiro atoms. The molecule has 0 aromatic heterocycles. The van der Waals surface area contributed by atoms with Gasteiger partial charge < -0.3 is 4.74 Å². The second kappa shape index (κ2) is 7.08. The van der Waals surface area contributed by atoms with Crippen LogP contribution in [-0.2, 0) is 11.4 Å². The van der Waals surface area contributed by atoms with E-state index in [4.69, 9.17) is 10.00 Å². The number of hydroxylamine groups is 1. The molecule has 0 atom stereocenters. The summed E-state index contributed by atoms with van der Waals surface area (Å²) in [4.78, 5) is 16.2. The molecule has 2 aromatic rings. The summed E-state index contributed by atoms with van der Waals surface area (Å²) in [5, 5.41) is 9.02. The van der Waals surface area contributed by atoms with Gasteiger partial charge in [-0.3, -0.25) is 9.63 Å². The fraction of sp³-hybridized carbons (Fsp3) is 0.125. The first-order chi connectivity index (χ1) is 10.2. The summed E-state index contributed by atoms with van der Waals surface area (Å²) >= 11 is 0. The zero-order valence-electron chi connectivity index (χ0n) is 11.5. The molecule has 0 bridgehead atoms. The van der Waals surface area contributed by atoms with Gasteiger partial charge in [-0.25, -0.2) is 5.48 Å². The Hall–Kier alpha value is -2.84. The molecule has 1 amide bonds. The number of amides is 1. The van der Waals surface area contributed by atoms with E-state index in [2.05, 4.69) is 16.4 Å². The highest BCUT2D eigenvalue weighted by Gasteiger charge is 2.07. The van der Waals surface area contributed by atoms with E-state index in [1.807, 2.05) is 12.1 Å². The maximum absolute atomic E-state index is 11.6. The number of nitrogens with zero attached hydrogens (tertiary/aromatic N) is 1. The van der Waals surface area contributed by atoms with Crippen LogP contribution in [0.2, 0.25) is 0 Å². The lowest BCUT2D eigenvalue weighted by atomic mass is 10.1. The first kappa shape index (κ1) is 14.6. The SMILES string of the molecule is CONC(=O)c1cccc(OCc2ccccc2C#N)c1. The maximum atomic E-state index is 11.6. The van der Waals surface area contributed by atoms with Crippen LogP contribution in [0.25, 0.3) is 0 Å². The van der Waals surface area contributed by atoms with Gasteiger partial charge >= 0.3 is 0 Å². The molecule has 1 N–H and O–H groups in total. The van der Waals surface area contributed by atoms with Gasteiger partial charge in [0, 0.05) is 11.1 Å². The normalized spacial score (nSPS) is 9.71. The molecule has 2 rings (SSSR count). The van der Waals surface area contributed by atoms with Crippen LogP contribution in [0.1, 0.15) is 21.5 Å². The van der Waals surface area contributed by atoms with Crippen LogP contribution < -0.4 is 10.2 Å². The zero-order chi connectivity index (χ0) is 15.1. The van der Waals surface area contributed by atoms with E-state index >= 15 is 0 Å². The van der Waals surface area contributed by atoms with E-state index in [1.54, 1.807) is 36.4 Å². The van der Waals surface area contributed by atoms with Crippen LogP contribution in [0.5, 0.6) is 5.75 Å². The van der Waals surface area contributed by atoms with Crippen LogP contribution in [-0.4, -0.2) is 13.0 Å². The van der Waals surface area contributed by atoms with E-state index in [9.17, 15) is 4.79 Å². The lowest BCUT2D eigenvalue weighted by molar-refractivity contribution is 0.0537. The minimum absolute atomic E-state index is 0.263. The molecule has 0 radical (unpaired) electrons. The van der Waals surface area contributed by atoms with Crippen LogP contribution in [0, 0.1) is 11.3 Å². The van der Waals surface area contributed by atoms with Crippen LogP contribution in [0.3, 0.4) is 0 Å². The van der Waals surface area contributed by atoms with Crippen LogP contribution in [0.15, 0.2) is 48.5 Å². The van der Waals surface area contributed by atoms with Crippen molar-refractivity contribution in [3.63, 3.8) is 0 Å². The third-order valence-electron chi connectivity index (χ3n) is 2.82. The summed E-state index contributed by atoms with van der Waals surface area (Å²) in [6.45, 7) is 0.263. The Morgan fingerprint density at radius 1 is 1.24 bits per heavy atom. The van der Waals surface area contributed by atoms with Gasteiger partial charge in [-0.2, -0.15) is 5.26 Å². The highest BCUT2D eigenvalue weighted by Crippen LogP contribution is 2.16. The van der Waals surface area contributed by atoms with E-state index < -0.39 is 0 Å². The molecule has 5 heteroatoms. The van der Waals surface area contributed by atoms with Gasteiger partial charge in [-0.05, 0) is 24.3 Å². The first-order valence-corrected chi connectivity index (χ1v) is 6.29. The predicted molar refractivity (Wildman–Crippen MR) is 76.4 cm³/mol. The minimum Gasteiger partial charge on any atom is -0.489 e. The van der Waals surface area contributed by atoms with Gasteiger partial charge in [-0.15, -0.1) is 0 Å². The van der Waals surface area contributed by atoms with E-state index in [-0.39, 0.29) is 12.5 Å². The maximum Gasteiger partial charge on any atom is 0.274 e. The van der Waals surface area contributed by atoms with Gasteiger partial charge in [-0.1, -0.05) is 24.3 Å². The van der Waals surface area contributed by atoms with Gasteiger partial charge in [0.2, 0.25) is 0 Å². The summed E-state index contributed by atoms with van der Waals surface area (Å²) in [7, 11) is 1.37. The fourth-order valence-electron chi connectivity index (χ4n) is 1.80. The Bertz CT molecular complexity index is 677. The van der Waals surface area contributed by atoms with Crippen molar-refractivity contribution in [1.29, 1.82) is 5.26 Å². The van der Waals surface area contributed by atoms with Gasteiger partial charge in [0.1, 0.15) is 12.4 Å². The predicted octanol–water partition coefficient (Wildman–Crippen LogP) is 2.43. The molecule has 0 saturated carbocycles. The van der Waals surface area contributed by atoms with Crippen LogP contribution >= 0.6 is 0 Å². The van der Waals surface area contributed by atoms with E-state index in [0.717, 1.165) is 5.56 Å².